The van der Waals surface area contributed by atoms with Crippen molar-refractivity contribution in [1.82, 2.24) is 4.90 Å². The molecule has 0 bridgehead atoms. The monoisotopic (exact) mass is 179 g/mol. The zero-order valence-corrected chi connectivity index (χ0v) is 7.81. The third kappa shape index (κ3) is 2.56. The van der Waals surface area contributed by atoms with E-state index in [-0.39, 0.29) is 6.23 Å². The number of benzene rings is 1. The Bertz CT molecular complexity index is 259. The molecule has 13 heavy (non-hydrogen) atoms. The molecular formula is C10H13NO2. The molecule has 3 nitrogen and oxygen atoms in total. The lowest BCUT2D eigenvalue weighted by Crippen LogP contribution is -2.22. The van der Waals surface area contributed by atoms with Gasteiger partial charge in [0.2, 0.25) is 0 Å². The molecule has 0 saturated carbocycles. The largest absolute Gasteiger partial charge is 0.444 e. The van der Waals surface area contributed by atoms with Crippen molar-refractivity contribution in [3.8, 4) is 0 Å². The van der Waals surface area contributed by atoms with E-state index in [1.807, 2.05) is 49.3 Å². The average molecular weight is 179 g/mol. The van der Waals surface area contributed by atoms with Crippen LogP contribution in [0.1, 0.15) is 11.8 Å². The molecule has 0 spiro atoms. The summed E-state index contributed by atoms with van der Waals surface area (Å²) in [5.74, 6) is 0. The molecule has 1 rings (SSSR count). The standard InChI is InChI=1S/C10H13NO2/c1-11(2)10(13-8-12)9-6-4-3-5-7-9/h3-8,10H,1-2H3. The Morgan fingerprint density at radius 1 is 1.31 bits per heavy atom. The number of rotatable bonds is 4. The topological polar surface area (TPSA) is 29.5 Å². The molecule has 0 heterocycles. The molecule has 1 unspecified atom stereocenters. The quantitative estimate of drug-likeness (QED) is 0.517. The van der Waals surface area contributed by atoms with Gasteiger partial charge in [-0.3, -0.25) is 9.69 Å². The first kappa shape index (κ1) is 9.74. The molecule has 0 fully saturated rings. The van der Waals surface area contributed by atoms with Crippen molar-refractivity contribution in [3.05, 3.63) is 35.9 Å². The highest BCUT2D eigenvalue weighted by molar-refractivity contribution is 5.38. The Balaban J connectivity index is 2.82. The summed E-state index contributed by atoms with van der Waals surface area (Å²) in [6.45, 7) is 0.470. The first-order valence-electron chi connectivity index (χ1n) is 4.06. The van der Waals surface area contributed by atoms with Crippen molar-refractivity contribution in [3.63, 3.8) is 0 Å². The van der Waals surface area contributed by atoms with Crippen LogP contribution in [-0.4, -0.2) is 25.5 Å². The van der Waals surface area contributed by atoms with E-state index in [2.05, 4.69) is 0 Å². The minimum Gasteiger partial charge on any atom is -0.444 e. The van der Waals surface area contributed by atoms with Crippen LogP contribution in [-0.2, 0) is 9.53 Å². The highest BCUT2D eigenvalue weighted by Crippen LogP contribution is 2.17. The Labute approximate surface area is 77.9 Å². The SMILES string of the molecule is CN(C)C(OC=O)c1ccccc1. The van der Waals surface area contributed by atoms with Crippen molar-refractivity contribution < 1.29 is 9.53 Å². The molecule has 3 heteroatoms. The van der Waals surface area contributed by atoms with Gasteiger partial charge in [0.25, 0.3) is 6.47 Å². The van der Waals surface area contributed by atoms with E-state index in [9.17, 15) is 4.79 Å². The molecule has 1 atom stereocenters. The van der Waals surface area contributed by atoms with E-state index in [4.69, 9.17) is 4.74 Å². The molecule has 0 saturated heterocycles. The molecule has 1 aromatic rings. The summed E-state index contributed by atoms with van der Waals surface area (Å²) in [6.07, 6.45) is -0.293. The van der Waals surface area contributed by atoms with Crippen LogP contribution in [0.15, 0.2) is 30.3 Å². The molecule has 0 aliphatic carbocycles. The van der Waals surface area contributed by atoms with Crippen LogP contribution < -0.4 is 0 Å². The number of carbonyl (C=O) groups is 1. The highest BCUT2D eigenvalue weighted by atomic mass is 16.5. The molecule has 1 aromatic carbocycles. The lowest BCUT2D eigenvalue weighted by molar-refractivity contribution is -0.141. The summed E-state index contributed by atoms with van der Waals surface area (Å²) in [5.41, 5.74) is 0.972. The zero-order valence-electron chi connectivity index (χ0n) is 7.81. The van der Waals surface area contributed by atoms with Crippen LogP contribution in [0.4, 0.5) is 0 Å². The number of hydrogen-bond donors (Lipinski definition) is 0. The molecular weight excluding hydrogens is 166 g/mol. The van der Waals surface area contributed by atoms with Gasteiger partial charge in [-0.05, 0) is 14.1 Å². The summed E-state index contributed by atoms with van der Waals surface area (Å²) < 4.78 is 4.93. The van der Waals surface area contributed by atoms with Gasteiger partial charge < -0.3 is 4.74 Å². The molecule has 0 aliphatic rings. The highest BCUT2D eigenvalue weighted by Gasteiger charge is 2.13. The predicted octanol–water partition coefficient (Wildman–Crippen LogP) is 1.42. The minimum absolute atomic E-state index is 0.293. The summed E-state index contributed by atoms with van der Waals surface area (Å²) in [6, 6.07) is 9.61. The Kier molecular flexibility index (Phi) is 3.46. The molecule has 0 aliphatic heterocycles. The number of nitrogens with zero attached hydrogens (tertiary/aromatic N) is 1. The van der Waals surface area contributed by atoms with Gasteiger partial charge in [-0.1, -0.05) is 30.3 Å². The average Bonchev–Trinajstić information content (AvgIpc) is 2.15. The van der Waals surface area contributed by atoms with Gasteiger partial charge in [-0.25, -0.2) is 0 Å². The first-order chi connectivity index (χ1) is 6.25. The Morgan fingerprint density at radius 3 is 2.38 bits per heavy atom. The fourth-order valence-electron chi connectivity index (χ4n) is 1.17. The third-order valence-electron chi connectivity index (χ3n) is 1.74. The number of ether oxygens (including phenoxy) is 1. The van der Waals surface area contributed by atoms with Crippen LogP contribution in [0.25, 0.3) is 0 Å². The van der Waals surface area contributed by atoms with E-state index in [0.29, 0.717) is 6.47 Å². The smallest absolute Gasteiger partial charge is 0.294 e. The number of carbonyl (C=O) groups excluding carboxylic acids is 1. The van der Waals surface area contributed by atoms with Gasteiger partial charge in [-0.15, -0.1) is 0 Å². The van der Waals surface area contributed by atoms with E-state index in [1.165, 1.54) is 0 Å². The van der Waals surface area contributed by atoms with Crippen LogP contribution in [0, 0.1) is 0 Å². The maximum absolute atomic E-state index is 10.2. The van der Waals surface area contributed by atoms with E-state index in [1.54, 1.807) is 0 Å². The lowest BCUT2D eigenvalue weighted by atomic mass is 10.2. The third-order valence-corrected chi connectivity index (χ3v) is 1.74. The van der Waals surface area contributed by atoms with Crippen LogP contribution in [0.3, 0.4) is 0 Å². The molecule has 0 aromatic heterocycles. The first-order valence-corrected chi connectivity index (χ1v) is 4.06. The van der Waals surface area contributed by atoms with Gasteiger partial charge in [0, 0.05) is 5.56 Å². The van der Waals surface area contributed by atoms with Crippen molar-refractivity contribution in [2.45, 2.75) is 6.23 Å². The zero-order chi connectivity index (χ0) is 9.68. The second-order valence-corrected chi connectivity index (χ2v) is 2.96. The maximum Gasteiger partial charge on any atom is 0.294 e. The van der Waals surface area contributed by atoms with Crippen molar-refractivity contribution in [2.24, 2.45) is 0 Å². The van der Waals surface area contributed by atoms with Gasteiger partial charge >= 0.3 is 0 Å². The van der Waals surface area contributed by atoms with Gasteiger partial charge in [-0.2, -0.15) is 0 Å². The van der Waals surface area contributed by atoms with Gasteiger partial charge in [0.1, 0.15) is 0 Å². The molecule has 0 N–H and O–H groups in total. The summed E-state index contributed by atoms with van der Waals surface area (Å²) in [4.78, 5) is 12.1. The van der Waals surface area contributed by atoms with Gasteiger partial charge in [0.15, 0.2) is 6.23 Å². The molecule has 0 amide bonds. The number of hydrogen-bond acceptors (Lipinski definition) is 3. The molecule has 70 valence electrons. The fourth-order valence-corrected chi connectivity index (χ4v) is 1.17. The van der Waals surface area contributed by atoms with E-state index >= 15 is 0 Å². The summed E-state index contributed by atoms with van der Waals surface area (Å²) in [5, 5.41) is 0. The fraction of sp³-hybridized carbons (Fsp3) is 0.300. The minimum atomic E-state index is -0.293. The van der Waals surface area contributed by atoms with Gasteiger partial charge in [0.05, 0.1) is 0 Å². The summed E-state index contributed by atoms with van der Waals surface area (Å²) in [7, 11) is 3.72. The van der Waals surface area contributed by atoms with E-state index in [0.717, 1.165) is 5.56 Å². The second kappa shape index (κ2) is 4.62. The van der Waals surface area contributed by atoms with Crippen LogP contribution >= 0.6 is 0 Å². The van der Waals surface area contributed by atoms with E-state index < -0.39 is 0 Å². The van der Waals surface area contributed by atoms with Crippen molar-refractivity contribution in [1.29, 1.82) is 0 Å². The van der Waals surface area contributed by atoms with Crippen molar-refractivity contribution >= 4 is 6.47 Å². The van der Waals surface area contributed by atoms with Crippen LogP contribution in [0.5, 0.6) is 0 Å². The summed E-state index contributed by atoms with van der Waals surface area (Å²) >= 11 is 0. The second-order valence-electron chi connectivity index (χ2n) is 2.96. The predicted molar refractivity (Wildman–Crippen MR) is 50.0 cm³/mol. The Hall–Kier alpha value is -1.35. The maximum atomic E-state index is 10.2. The molecule has 0 radical (unpaired) electrons. The van der Waals surface area contributed by atoms with Crippen LogP contribution in [0.2, 0.25) is 0 Å². The van der Waals surface area contributed by atoms with Crippen molar-refractivity contribution in [2.75, 3.05) is 14.1 Å². The lowest BCUT2D eigenvalue weighted by Gasteiger charge is -2.22. The normalized spacial score (nSPS) is 12.5. The Morgan fingerprint density at radius 2 is 1.92 bits per heavy atom.